The molecule has 1 saturated carbocycles. The molecular formula is C17H27FN2O. The third-order valence-corrected chi connectivity index (χ3v) is 4.90. The van der Waals surface area contributed by atoms with E-state index in [0.717, 1.165) is 13.0 Å². The van der Waals surface area contributed by atoms with Crippen molar-refractivity contribution in [1.82, 2.24) is 4.90 Å². The number of aromatic hydroxyl groups is 1. The van der Waals surface area contributed by atoms with Crippen molar-refractivity contribution in [1.29, 1.82) is 0 Å². The SMILES string of the molecule is CCN(C(C)c1cc(F)ccc1O)C1CCCCC1CN. The maximum absolute atomic E-state index is 13.5. The van der Waals surface area contributed by atoms with Crippen LogP contribution in [0.25, 0.3) is 0 Å². The smallest absolute Gasteiger partial charge is 0.123 e. The normalized spacial score (nSPS) is 24.2. The van der Waals surface area contributed by atoms with Crippen LogP contribution in [0.2, 0.25) is 0 Å². The third kappa shape index (κ3) is 3.55. The van der Waals surface area contributed by atoms with Gasteiger partial charge in [-0.15, -0.1) is 0 Å². The minimum atomic E-state index is -0.301. The van der Waals surface area contributed by atoms with Crippen molar-refractivity contribution < 1.29 is 9.50 Å². The first-order valence-corrected chi connectivity index (χ1v) is 8.02. The summed E-state index contributed by atoms with van der Waals surface area (Å²) in [6, 6.07) is 4.60. The lowest BCUT2D eigenvalue weighted by Crippen LogP contribution is -2.46. The van der Waals surface area contributed by atoms with Crippen LogP contribution >= 0.6 is 0 Å². The minimum absolute atomic E-state index is 0.0113. The van der Waals surface area contributed by atoms with E-state index in [2.05, 4.69) is 11.8 Å². The van der Waals surface area contributed by atoms with Gasteiger partial charge in [0.25, 0.3) is 0 Å². The van der Waals surface area contributed by atoms with E-state index in [1.165, 1.54) is 37.5 Å². The Morgan fingerprint density at radius 1 is 1.38 bits per heavy atom. The van der Waals surface area contributed by atoms with Crippen molar-refractivity contribution in [3.63, 3.8) is 0 Å². The van der Waals surface area contributed by atoms with Gasteiger partial charge in [-0.1, -0.05) is 19.8 Å². The number of hydrogen-bond donors (Lipinski definition) is 2. The highest BCUT2D eigenvalue weighted by molar-refractivity contribution is 5.35. The molecule has 3 nitrogen and oxygen atoms in total. The summed E-state index contributed by atoms with van der Waals surface area (Å²) >= 11 is 0. The van der Waals surface area contributed by atoms with E-state index in [9.17, 15) is 9.50 Å². The van der Waals surface area contributed by atoms with Crippen molar-refractivity contribution in [2.45, 2.75) is 51.6 Å². The topological polar surface area (TPSA) is 49.5 Å². The van der Waals surface area contributed by atoms with Crippen LogP contribution in [-0.2, 0) is 0 Å². The highest BCUT2D eigenvalue weighted by atomic mass is 19.1. The fraction of sp³-hybridized carbons (Fsp3) is 0.647. The average Bonchev–Trinajstić information content (AvgIpc) is 2.50. The fourth-order valence-corrected chi connectivity index (χ4v) is 3.73. The second kappa shape index (κ2) is 7.23. The molecule has 0 spiro atoms. The van der Waals surface area contributed by atoms with E-state index in [0.29, 0.717) is 24.1 Å². The quantitative estimate of drug-likeness (QED) is 0.874. The summed E-state index contributed by atoms with van der Waals surface area (Å²) in [5.74, 6) is 0.365. The number of phenolic OH excluding ortho intramolecular Hbond substituents is 1. The zero-order valence-electron chi connectivity index (χ0n) is 13.1. The Hall–Kier alpha value is -1.13. The van der Waals surface area contributed by atoms with Crippen LogP contribution in [0.1, 0.15) is 51.1 Å². The van der Waals surface area contributed by atoms with Gasteiger partial charge in [0.2, 0.25) is 0 Å². The zero-order valence-corrected chi connectivity index (χ0v) is 13.1. The first-order chi connectivity index (χ1) is 10.1. The number of halogens is 1. The van der Waals surface area contributed by atoms with Crippen LogP contribution in [0.4, 0.5) is 4.39 Å². The van der Waals surface area contributed by atoms with Gasteiger partial charge in [0.1, 0.15) is 11.6 Å². The van der Waals surface area contributed by atoms with Gasteiger partial charge in [-0.05, 0) is 57.0 Å². The Bertz CT molecular complexity index is 466. The van der Waals surface area contributed by atoms with Gasteiger partial charge in [0, 0.05) is 17.6 Å². The molecule has 3 unspecified atom stereocenters. The van der Waals surface area contributed by atoms with Crippen LogP contribution in [0.3, 0.4) is 0 Å². The summed E-state index contributed by atoms with van der Waals surface area (Å²) in [7, 11) is 0. The lowest BCUT2D eigenvalue weighted by molar-refractivity contribution is 0.0758. The molecule has 4 heteroatoms. The van der Waals surface area contributed by atoms with Crippen molar-refractivity contribution >= 4 is 0 Å². The Labute approximate surface area is 126 Å². The fourth-order valence-electron chi connectivity index (χ4n) is 3.73. The van der Waals surface area contributed by atoms with E-state index in [1.54, 1.807) is 0 Å². The third-order valence-electron chi connectivity index (χ3n) is 4.90. The van der Waals surface area contributed by atoms with E-state index in [1.807, 2.05) is 6.92 Å². The predicted octanol–water partition coefficient (Wildman–Crippen LogP) is 3.43. The molecule has 1 fully saturated rings. The van der Waals surface area contributed by atoms with Crippen LogP contribution in [0, 0.1) is 11.7 Å². The van der Waals surface area contributed by atoms with E-state index in [-0.39, 0.29) is 17.6 Å². The molecule has 0 saturated heterocycles. The van der Waals surface area contributed by atoms with Crippen molar-refractivity contribution in [3.05, 3.63) is 29.6 Å². The summed E-state index contributed by atoms with van der Waals surface area (Å²) in [5, 5.41) is 10.1. The van der Waals surface area contributed by atoms with E-state index >= 15 is 0 Å². The maximum atomic E-state index is 13.5. The number of phenols is 1. The van der Waals surface area contributed by atoms with Crippen LogP contribution in [-0.4, -0.2) is 29.1 Å². The first-order valence-electron chi connectivity index (χ1n) is 8.02. The summed E-state index contributed by atoms with van der Waals surface area (Å²) in [5.41, 5.74) is 6.61. The number of nitrogens with two attached hydrogens (primary N) is 1. The Balaban J connectivity index is 2.24. The van der Waals surface area contributed by atoms with Crippen LogP contribution in [0.15, 0.2) is 18.2 Å². The van der Waals surface area contributed by atoms with Gasteiger partial charge in [-0.2, -0.15) is 0 Å². The van der Waals surface area contributed by atoms with E-state index < -0.39 is 0 Å². The summed E-state index contributed by atoms with van der Waals surface area (Å²) in [6.45, 7) is 5.73. The van der Waals surface area contributed by atoms with Gasteiger partial charge in [-0.25, -0.2) is 4.39 Å². The standard InChI is InChI=1S/C17H27FN2O/c1-3-20(16-7-5-4-6-13(16)11-19)12(2)15-10-14(18)8-9-17(15)21/h8-10,12-13,16,21H,3-7,11,19H2,1-2H3. The average molecular weight is 294 g/mol. The van der Waals surface area contributed by atoms with Gasteiger partial charge in [-0.3, -0.25) is 4.90 Å². The molecule has 118 valence electrons. The molecular weight excluding hydrogens is 267 g/mol. The first kappa shape index (κ1) is 16.2. The summed E-state index contributed by atoms with van der Waals surface area (Å²) in [6.07, 6.45) is 4.77. The van der Waals surface area contributed by atoms with Crippen molar-refractivity contribution in [2.24, 2.45) is 11.7 Å². The molecule has 0 bridgehead atoms. The highest BCUT2D eigenvalue weighted by Crippen LogP contribution is 2.36. The largest absolute Gasteiger partial charge is 0.508 e. The molecule has 0 radical (unpaired) electrons. The second-order valence-corrected chi connectivity index (χ2v) is 6.06. The molecule has 3 N–H and O–H groups in total. The summed E-state index contributed by atoms with van der Waals surface area (Å²) < 4.78 is 13.5. The minimum Gasteiger partial charge on any atom is -0.508 e. The molecule has 0 aromatic heterocycles. The maximum Gasteiger partial charge on any atom is 0.123 e. The molecule has 1 aliphatic carbocycles. The van der Waals surface area contributed by atoms with Gasteiger partial charge < -0.3 is 10.8 Å². The number of benzene rings is 1. The van der Waals surface area contributed by atoms with Crippen LogP contribution in [0.5, 0.6) is 5.75 Å². The molecule has 21 heavy (non-hydrogen) atoms. The highest BCUT2D eigenvalue weighted by Gasteiger charge is 2.32. The van der Waals surface area contributed by atoms with E-state index in [4.69, 9.17) is 5.73 Å². The Kier molecular flexibility index (Phi) is 5.59. The molecule has 1 aromatic rings. The number of nitrogens with zero attached hydrogens (tertiary/aromatic N) is 1. The molecule has 1 aromatic carbocycles. The molecule has 0 amide bonds. The lowest BCUT2D eigenvalue weighted by atomic mass is 9.82. The van der Waals surface area contributed by atoms with Crippen molar-refractivity contribution in [2.75, 3.05) is 13.1 Å². The zero-order chi connectivity index (χ0) is 15.4. The lowest BCUT2D eigenvalue weighted by Gasteiger charge is -2.42. The van der Waals surface area contributed by atoms with Crippen LogP contribution < -0.4 is 5.73 Å². The molecule has 1 aliphatic rings. The number of rotatable bonds is 5. The molecule has 3 atom stereocenters. The number of hydrogen-bond acceptors (Lipinski definition) is 3. The predicted molar refractivity (Wildman–Crippen MR) is 83.7 cm³/mol. The van der Waals surface area contributed by atoms with Crippen molar-refractivity contribution in [3.8, 4) is 5.75 Å². The molecule has 0 aliphatic heterocycles. The Morgan fingerprint density at radius 3 is 2.76 bits per heavy atom. The second-order valence-electron chi connectivity index (χ2n) is 6.06. The molecule has 2 rings (SSSR count). The Morgan fingerprint density at radius 2 is 2.10 bits per heavy atom. The van der Waals surface area contributed by atoms with Gasteiger partial charge in [0.05, 0.1) is 0 Å². The van der Waals surface area contributed by atoms with Gasteiger partial charge in [0.15, 0.2) is 0 Å². The molecule has 0 heterocycles. The monoisotopic (exact) mass is 294 g/mol. The van der Waals surface area contributed by atoms with Gasteiger partial charge >= 0.3 is 0 Å². The summed E-state index contributed by atoms with van der Waals surface area (Å²) in [4.78, 5) is 2.37.